The van der Waals surface area contributed by atoms with Gasteiger partial charge in [-0.1, -0.05) is 0 Å². The Morgan fingerprint density at radius 1 is 1.52 bits per heavy atom. The third-order valence-electron chi connectivity index (χ3n) is 3.80. The molecule has 0 bridgehead atoms. The van der Waals surface area contributed by atoms with Gasteiger partial charge in [0.2, 0.25) is 0 Å². The normalized spacial score (nSPS) is 14.6. The third kappa shape index (κ3) is 2.82. The lowest BCUT2D eigenvalue weighted by Gasteiger charge is -2.23. The number of furan rings is 1. The highest BCUT2D eigenvalue weighted by Crippen LogP contribution is 2.31. The van der Waals surface area contributed by atoms with Crippen molar-refractivity contribution in [3.63, 3.8) is 0 Å². The van der Waals surface area contributed by atoms with Crippen LogP contribution in [0.5, 0.6) is 0 Å². The summed E-state index contributed by atoms with van der Waals surface area (Å²) in [7, 11) is 0. The molecule has 1 fully saturated rings. The molecule has 3 rings (SSSR count). The second kappa shape index (κ2) is 5.31. The summed E-state index contributed by atoms with van der Waals surface area (Å²) in [5.74, 6) is 0.838. The van der Waals surface area contributed by atoms with Crippen LogP contribution in [0.1, 0.15) is 49.0 Å². The summed E-state index contributed by atoms with van der Waals surface area (Å²) in [6.45, 7) is 4.61. The van der Waals surface area contributed by atoms with Gasteiger partial charge < -0.3 is 19.6 Å². The molecule has 0 saturated heterocycles. The van der Waals surface area contributed by atoms with Gasteiger partial charge in [0.15, 0.2) is 0 Å². The lowest BCUT2D eigenvalue weighted by Crippen LogP contribution is -2.34. The molecule has 0 radical (unpaired) electrons. The minimum atomic E-state index is 0.0271. The Morgan fingerprint density at radius 2 is 2.29 bits per heavy atom. The SMILES string of the molecule is CC(C)n1cc(N)cc1C(=O)N(Cc1ccco1)C1CC1. The van der Waals surface area contributed by atoms with E-state index < -0.39 is 0 Å². The Balaban J connectivity index is 1.87. The number of aromatic nitrogens is 1. The van der Waals surface area contributed by atoms with Gasteiger partial charge in [0.1, 0.15) is 11.5 Å². The molecule has 0 aliphatic heterocycles. The minimum Gasteiger partial charge on any atom is -0.467 e. The molecule has 0 unspecified atom stereocenters. The van der Waals surface area contributed by atoms with Gasteiger partial charge in [-0.05, 0) is 44.9 Å². The number of nitrogens with zero attached hydrogens (tertiary/aromatic N) is 2. The molecular formula is C16H21N3O2. The smallest absolute Gasteiger partial charge is 0.271 e. The summed E-state index contributed by atoms with van der Waals surface area (Å²) in [6.07, 6.45) is 5.59. The first-order chi connectivity index (χ1) is 10.1. The predicted molar refractivity (Wildman–Crippen MR) is 80.8 cm³/mol. The summed E-state index contributed by atoms with van der Waals surface area (Å²) < 4.78 is 7.33. The molecule has 0 atom stereocenters. The van der Waals surface area contributed by atoms with Gasteiger partial charge in [-0.25, -0.2) is 0 Å². The zero-order valence-electron chi connectivity index (χ0n) is 12.5. The Bertz CT molecular complexity index is 624. The van der Waals surface area contributed by atoms with Crippen LogP contribution in [0.4, 0.5) is 5.69 Å². The largest absolute Gasteiger partial charge is 0.467 e. The van der Waals surface area contributed by atoms with Gasteiger partial charge in [0, 0.05) is 18.3 Å². The minimum absolute atomic E-state index is 0.0271. The predicted octanol–water partition coefficient (Wildman–Crippen LogP) is 3.05. The number of carbonyl (C=O) groups is 1. The van der Waals surface area contributed by atoms with Crippen molar-refractivity contribution in [3.8, 4) is 0 Å². The number of hydrogen-bond acceptors (Lipinski definition) is 3. The van der Waals surface area contributed by atoms with E-state index in [0.717, 1.165) is 18.6 Å². The van der Waals surface area contributed by atoms with Crippen LogP contribution in [-0.4, -0.2) is 21.4 Å². The summed E-state index contributed by atoms with van der Waals surface area (Å²) >= 11 is 0. The van der Waals surface area contributed by atoms with Gasteiger partial charge in [-0.3, -0.25) is 4.79 Å². The summed E-state index contributed by atoms with van der Waals surface area (Å²) in [5, 5.41) is 0. The van der Waals surface area contributed by atoms with E-state index in [9.17, 15) is 4.79 Å². The fourth-order valence-corrected chi connectivity index (χ4v) is 2.57. The van der Waals surface area contributed by atoms with Crippen LogP contribution in [-0.2, 0) is 6.54 Å². The summed E-state index contributed by atoms with van der Waals surface area (Å²) in [4.78, 5) is 14.8. The highest BCUT2D eigenvalue weighted by molar-refractivity contribution is 5.94. The first kappa shape index (κ1) is 13.8. The number of rotatable bonds is 5. The number of nitrogen functional groups attached to an aromatic ring is 1. The average molecular weight is 287 g/mol. The molecule has 1 aliphatic rings. The maximum Gasteiger partial charge on any atom is 0.271 e. The van der Waals surface area contributed by atoms with Crippen LogP contribution in [0.25, 0.3) is 0 Å². The Hall–Kier alpha value is -2.17. The highest BCUT2D eigenvalue weighted by atomic mass is 16.3. The van der Waals surface area contributed by atoms with E-state index in [1.165, 1.54) is 0 Å². The lowest BCUT2D eigenvalue weighted by molar-refractivity contribution is 0.0705. The molecule has 1 amide bonds. The molecule has 0 aromatic carbocycles. The summed E-state index contributed by atoms with van der Waals surface area (Å²) in [5.41, 5.74) is 7.15. The van der Waals surface area contributed by atoms with Crippen molar-refractivity contribution in [1.29, 1.82) is 0 Å². The van der Waals surface area contributed by atoms with Crippen molar-refractivity contribution in [1.82, 2.24) is 9.47 Å². The molecule has 2 aromatic rings. The van der Waals surface area contributed by atoms with Gasteiger partial charge in [0.05, 0.1) is 18.5 Å². The van der Waals surface area contributed by atoms with Crippen molar-refractivity contribution >= 4 is 11.6 Å². The molecule has 2 heterocycles. The van der Waals surface area contributed by atoms with Crippen LogP contribution >= 0.6 is 0 Å². The molecule has 1 aliphatic carbocycles. The lowest BCUT2D eigenvalue weighted by atomic mass is 10.3. The monoisotopic (exact) mass is 287 g/mol. The first-order valence-corrected chi connectivity index (χ1v) is 7.37. The Kier molecular flexibility index (Phi) is 3.49. The van der Waals surface area contributed by atoms with Crippen molar-refractivity contribution in [2.24, 2.45) is 0 Å². The van der Waals surface area contributed by atoms with E-state index in [2.05, 4.69) is 0 Å². The quantitative estimate of drug-likeness (QED) is 0.919. The Labute approximate surface area is 124 Å². The van der Waals surface area contributed by atoms with Crippen LogP contribution in [0, 0.1) is 0 Å². The number of nitrogens with two attached hydrogens (primary N) is 1. The second-order valence-electron chi connectivity index (χ2n) is 5.90. The van der Waals surface area contributed by atoms with Crippen LogP contribution in [0.2, 0.25) is 0 Å². The Morgan fingerprint density at radius 3 is 2.86 bits per heavy atom. The van der Waals surface area contributed by atoms with Crippen molar-refractivity contribution in [2.75, 3.05) is 5.73 Å². The third-order valence-corrected chi connectivity index (χ3v) is 3.80. The van der Waals surface area contributed by atoms with E-state index in [0.29, 0.717) is 24.0 Å². The maximum atomic E-state index is 12.9. The molecule has 0 spiro atoms. The van der Waals surface area contributed by atoms with Gasteiger partial charge in [-0.2, -0.15) is 0 Å². The van der Waals surface area contributed by atoms with E-state index in [4.69, 9.17) is 10.2 Å². The van der Waals surface area contributed by atoms with Crippen LogP contribution in [0.3, 0.4) is 0 Å². The first-order valence-electron chi connectivity index (χ1n) is 7.37. The average Bonchev–Trinajstić information content (AvgIpc) is 2.99. The van der Waals surface area contributed by atoms with Crippen molar-refractivity contribution in [3.05, 3.63) is 42.1 Å². The topological polar surface area (TPSA) is 64.4 Å². The standard InChI is InChI=1S/C16H21N3O2/c1-11(2)18-9-12(17)8-15(18)16(20)19(13-5-6-13)10-14-4-3-7-21-14/h3-4,7-9,11,13H,5-6,10,17H2,1-2H3. The number of hydrogen-bond donors (Lipinski definition) is 1. The van der Waals surface area contributed by atoms with E-state index in [1.54, 1.807) is 12.3 Å². The zero-order valence-corrected chi connectivity index (χ0v) is 12.5. The number of amides is 1. The fourth-order valence-electron chi connectivity index (χ4n) is 2.57. The molecule has 5 nitrogen and oxygen atoms in total. The van der Waals surface area contributed by atoms with E-state index in [-0.39, 0.29) is 11.9 Å². The fraction of sp³-hybridized carbons (Fsp3) is 0.438. The number of carbonyl (C=O) groups excluding carboxylic acids is 1. The van der Waals surface area contributed by atoms with Gasteiger partial charge in [-0.15, -0.1) is 0 Å². The molecule has 1 saturated carbocycles. The summed E-state index contributed by atoms with van der Waals surface area (Å²) in [6, 6.07) is 6.03. The van der Waals surface area contributed by atoms with Crippen molar-refractivity contribution < 1.29 is 9.21 Å². The molecule has 2 aromatic heterocycles. The van der Waals surface area contributed by atoms with E-state index >= 15 is 0 Å². The van der Waals surface area contributed by atoms with Crippen molar-refractivity contribution in [2.45, 2.75) is 45.3 Å². The highest BCUT2D eigenvalue weighted by Gasteiger charge is 2.35. The maximum absolute atomic E-state index is 12.9. The van der Waals surface area contributed by atoms with E-state index in [1.807, 2.05) is 41.6 Å². The van der Waals surface area contributed by atoms with Crippen LogP contribution < -0.4 is 5.73 Å². The van der Waals surface area contributed by atoms with Crippen LogP contribution in [0.15, 0.2) is 35.1 Å². The van der Waals surface area contributed by atoms with Gasteiger partial charge in [0.25, 0.3) is 5.91 Å². The molecular weight excluding hydrogens is 266 g/mol. The molecule has 5 heteroatoms. The molecule has 112 valence electrons. The van der Waals surface area contributed by atoms with Gasteiger partial charge >= 0.3 is 0 Å². The zero-order chi connectivity index (χ0) is 15.0. The molecule has 2 N–H and O–H groups in total. The molecule has 21 heavy (non-hydrogen) atoms. The second-order valence-corrected chi connectivity index (χ2v) is 5.90. The number of anilines is 1.